The number of carboxylic acid groups (broad SMARTS) is 1. The Kier molecular flexibility index (Phi) is 2.69. The Bertz CT molecular complexity index is 110. The Balaban J connectivity index is 3.39. The van der Waals surface area contributed by atoms with Crippen LogP contribution in [-0.4, -0.2) is 26.4 Å². The summed E-state index contributed by atoms with van der Waals surface area (Å²) in [5.74, 6) is -5.57. The van der Waals surface area contributed by atoms with Crippen molar-refractivity contribution in [2.45, 2.75) is 11.8 Å². The first-order valence-corrected chi connectivity index (χ1v) is 3.91. The third-order valence-electron chi connectivity index (χ3n) is 0.622. The molecule has 0 unspecified atom stereocenters. The molecule has 1 N–H and O–H groups in total. The molecule has 0 bridgehead atoms. The molecule has 0 aromatic carbocycles. The lowest BCUT2D eigenvalue weighted by molar-refractivity contribution is -0.134. The van der Waals surface area contributed by atoms with Crippen molar-refractivity contribution in [2.24, 2.45) is 0 Å². The molecule has 0 heterocycles. The molecule has 0 saturated carbocycles. The molecule has 9 heavy (non-hydrogen) atoms. The largest absolute Gasteiger partial charge is 0.481 e. The fourth-order valence-electron chi connectivity index (χ4n) is 0.249. The van der Waals surface area contributed by atoms with Crippen LogP contribution in [0.5, 0.6) is 0 Å². The standard InChI is InChI=1S/C3H5F3O2Si/c4-3(5,6)9-1-2(7)8/h1,9H2,(H,7,8). The minimum absolute atomic E-state index is 0.705. The van der Waals surface area contributed by atoms with Gasteiger partial charge in [-0.05, 0) is 0 Å². The first kappa shape index (κ1) is 8.48. The zero-order chi connectivity index (χ0) is 7.49. The van der Waals surface area contributed by atoms with E-state index in [1.54, 1.807) is 0 Å². The molecule has 0 fully saturated rings. The van der Waals surface area contributed by atoms with Gasteiger partial charge in [-0.25, -0.2) is 0 Å². The number of hydrogen-bond acceptors (Lipinski definition) is 1. The fraction of sp³-hybridized carbons (Fsp3) is 0.667. The molecule has 2 nitrogen and oxygen atoms in total. The minimum atomic E-state index is -4.21. The predicted molar refractivity (Wildman–Crippen MR) is 27.0 cm³/mol. The van der Waals surface area contributed by atoms with Crippen molar-refractivity contribution in [1.29, 1.82) is 0 Å². The first-order valence-electron chi connectivity index (χ1n) is 2.20. The van der Waals surface area contributed by atoms with Gasteiger partial charge in [-0.2, -0.15) is 13.2 Å². The van der Waals surface area contributed by atoms with E-state index in [1.165, 1.54) is 0 Å². The third-order valence-corrected chi connectivity index (χ3v) is 1.87. The Morgan fingerprint density at radius 2 is 2.00 bits per heavy atom. The topological polar surface area (TPSA) is 37.3 Å². The summed E-state index contributed by atoms with van der Waals surface area (Å²) >= 11 is 0. The monoisotopic (exact) mass is 158 g/mol. The van der Waals surface area contributed by atoms with Crippen molar-refractivity contribution >= 4 is 15.5 Å². The second-order valence-corrected chi connectivity index (χ2v) is 3.31. The van der Waals surface area contributed by atoms with Crippen LogP contribution < -0.4 is 0 Å². The van der Waals surface area contributed by atoms with Crippen LogP contribution in [0.15, 0.2) is 0 Å². The van der Waals surface area contributed by atoms with E-state index in [2.05, 4.69) is 0 Å². The first-order chi connectivity index (χ1) is 3.92. The molecule has 0 radical (unpaired) electrons. The summed E-state index contributed by atoms with van der Waals surface area (Å²) in [6.45, 7) is 0. The number of rotatable bonds is 2. The van der Waals surface area contributed by atoms with E-state index in [1.807, 2.05) is 0 Å². The highest BCUT2D eigenvalue weighted by Crippen LogP contribution is 2.13. The molecule has 0 amide bonds. The second kappa shape index (κ2) is 2.86. The number of carbonyl (C=O) groups is 1. The maximum Gasteiger partial charge on any atom is 0.355 e. The summed E-state index contributed by atoms with van der Waals surface area (Å²) in [5, 5.41) is 7.81. The number of halogens is 3. The average Bonchev–Trinajstić information content (AvgIpc) is 1.59. The zero-order valence-electron chi connectivity index (χ0n) is 4.40. The van der Waals surface area contributed by atoms with E-state index in [-0.39, 0.29) is 0 Å². The van der Waals surface area contributed by atoms with Crippen LogP contribution in [0.4, 0.5) is 13.2 Å². The summed E-state index contributed by atoms with van der Waals surface area (Å²) < 4.78 is 33.6. The van der Waals surface area contributed by atoms with Crippen LogP contribution >= 0.6 is 0 Å². The predicted octanol–water partition coefficient (Wildman–Crippen LogP) is 0.178. The molecule has 0 aromatic rings. The van der Waals surface area contributed by atoms with Gasteiger partial charge in [-0.1, -0.05) is 0 Å². The van der Waals surface area contributed by atoms with Crippen molar-refractivity contribution in [1.82, 2.24) is 0 Å². The van der Waals surface area contributed by atoms with Crippen LogP contribution in [0, 0.1) is 0 Å². The van der Waals surface area contributed by atoms with Gasteiger partial charge >= 0.3 is 5.80 Å². The average molecular weight is 158 g/mol. The number of aliphatic carboxylic acids is 1. The molecule has 0 atom stereocenters. The lowest BCUT2D eigenvalue weighted by Gasteiger charge is -2.00. The van der Waals surface area contributed by atoms with Crippen LogP contribution in [0.3, 0.4) is 0 Å². The molecular weight excluding hydrogens is 153 g/mol. The van der Waals surface area contributed by atoms with E-state index >= 15 is 0 Å². The van der Waals surface area contributed by atoms with Gasteiger partial charge in [-0.15, -0.1) is 0 Å². The molecule has 0 spiro atoms. The van der Waals surface area contributed by atoms with Gasteiger partial charge in [0.1, 0.15) is 0 Å². The van der Waals surface area contributed by atoms with Crippen molar-refractivity contribution in [3.05, 3.63) is 0 Å². The Morgan fingerprint density at radius 1 is 1.56 bits per heavy atom. The summed E-state index contributed by atoms with van der Waals surface area (Å²) in [4.78, 5) is 9.58. The lowest BCUT2D eigenvalue weighted by Crippen LogP contribution is -2.20. The fourth-order valence-corrected chi connectivity index (χ4v) is 0.746. The number of carboxylic acids is 1. The highest BCUT2D eigenvalue weighted by Gasteiger charge is 2.27. The van der Waals surface area contributed by atoms with E-state index in [0.717, 1.165) is 0 Å². The van der Waals surface area contributed by atoms with Gasteiger partial charge in [0.15, 0.2) is 9.52 Å². The van der Waals surface area contributed by atoms with Gasteiger partial charge in [-0.3, -0.25) is 4.79 Å². The van der Waals surface area contributed by atoms with Gasteiger partial charge in [0, 0.05) is 6.04 Å². The number of alkyl halides is 3. The second-order valence-electron chi connectivity index (χ2n) is 1.51. The van der Waals surface area contributed by atoms with Gasteiger partial charge in [0.25, 0.3) is 5.97 Å². The van der Waals surface area contributed by atoms with E-state index < -0.39 is 27.3 Å². The summed E-state index contributed by atoms with van der Waals surface area (Å²) in [5.41, 5.74) is 0. The van der Waals surface area contributed by atoms with Gasteiger partial charge in [0.2, 0.25) is 0 Å². The number of hydrogen-bond donors (Lipinski definition) is 1. The highest BCUT2D eigenvalue weighted by atomic mass is 28.2. The molecule has 54 valence electrons. The molecule has 0 aliphatic rings. The maximum absolute atomic E-state index is 11.2. The van der Waals surface area contributed by atoms with Gasteiger partial charge in [0.05, 0.1) is 0 Å². The van der Waals surface area contributed by atoms with E-state index in [9.17, 15) is 18.0 Å². The van der Waals surface area contributed by atoms with Gasteiger partial charge < -0.3 is 5.11 Å². The van der Waals surface area contributed by atoms with E-state index in [4.69, 9.17) is 5.11 Å². The van der Waals surface area contributed by atoms with Crippen molar-refractivity contribution in [3.8, 4) is 0 Å². The van der Waals surface area contributed by atoms with E-state index in [0.29, 0.717) is 0 Å². The summed E-state index contributed by atoms with van der Waals surface area (Å²) in [6, 6.07) is -0.705. The molecule has 0 aliphatic heterocycles. The smallest absolute Gasteiger partial charge is 0.355 e. The van der Waals surface area contributed by atoms with Crippen LogP contribution in [-0.2, 0) is 4.79 Å². The zero-order valence-corrected chi connectivity index (χ0v) is 5.82. The van der Waals surface area contributed by atoms with Crippen molar-refractivity contribution in [3.63, 3.8) is 0 Å². The molecule has 0 saturated heterocycles. The normalized spacial score (nSPS) is 12.8. The molecule has 0 rings (SSSR count). The van der Waals surface area contributed by atoms with Crippen molar-refractivity contribution < 1.29 is 23.1 Å². The Morgan fingerprint density at radius 3 is 2.11 bits per heavy atom. The SMILES string of the molecule is O=C(O)C[SiH2]C(F)(F)F. The molecular formula is C3H5F3O2Si. The Hall–Kier alpha value is -0.523. The maximum atomic E-state index is 11.2. The minimum Gasteiger partial charge on any atom is -0.481 e. The highest BCUT2D eigenvalue weighted by molar-refractivity contribution is 6.42. The summed E-state index contributed by atoms with van der Waals surface area (Å²) in [6.07, 6.45) is 0. The van der Waals surface area contributed by atoms with Crippen molar-refractivity contribution in [2.75, 3.05) is 0 Å². The molecule has 0 aromatic heterocycles. The van der Waals surface area contributed by atoms with Crippen LogP contribution in [0.25, 0.3) is 0 Å². The van der Waals surface area contributed by atoms with Crippen LogP contribution in [0.1, 0.15) is 0 Å². The Labute approximate surface area is 51.5 Å². The third kappa shape index (κ3) is 7.48. The lowest BCUT2D eigenvalue weighted by atomic mass is 10.8. The summed E-state index contributed by atoms with van der Waals surface area (Å²) in [7, 11) is -2.40. The van der Waals surface area contributed by atoms with Crippen LogP contribution in [0.2, 0.25) is 6.04 Å². The molecule has 6 heteroatoms. The quantitative estimate of drug-likeness (QED) is 0.582. The molecule has 0 aliphatic carbocycles.